The molecule has 29 heavy (non-hydrogen) atoms. The summed E-state index contributed by atoms with van der Waals surface area (Å²) in [6, 6.07) is 6.81. The Labute approximate surface area is 169 Å². The molecule has 0 unspecified atom stereocenters. The summed E-state index contributed by atoms with van der Waals surface area (Å²) in [4.78, 5) is 11.5. The average molecular weight is 408 g/mol. The molecule has 3 rings (SSSR count). The predicted molar refractivity (Wildman–Crippen MR) is 107 cm³/mol. The summed E-state index contributed by atoms with van der Waals surface area (Å²) in [5.41, 5.74) is 2.81. The van der Waals surface area contributed by atoms with Gasteiger partial charge in [-0.2, -0.15) is 4.98 Å². The second-order valence-corrected chi connectivity index (χ2v) is 7.73. The van der Waals surface area contributed by atoms with Crippen molar-refractivity contribution in [1.29, 1.82) is 0 Å². The number of anilines is 2. The van der Waals surface area contributed by atoms with Gasteiger partial charge in [-0.05, 0) is 48.9 Å². The van der Waals surface area contributed by atoms with E-state index < -0.39 is 6.36 Å². The van der Waals surface area contributed by atoms with E-state index in [9.17, 15) is 13.2 Å². The van der Waals surface area contributed by atoms with Gasteiger partial charge in [-0.3, -0.25) is 0 Å². The molecule has 5 nitrogen and oxygen atoms in total. The first-order chi connectivity index (χ1) is 13.6. The van der Waals surface area contributed by atoms with Gasteiger partial charge < -0.3 is 15.0 Å². The minimum atomic E-state index is -4.68. The maximum absolute atomic E-state index is 12.5. The Balaban J connectivity index is 1.83. The standard InChI is InChI=1S/C21H27F3N4O/c1-5-14(4)25-20-26-18(13(2)3)11-19(27-20)28-9-8-15-10-17(29-21(22,23)24)7-6-16(15)12-28/h6-7,10-11,13-14H,5,8-9,12H2,1-4H3,(H,25,26,27)/t14-/m1/s1. The molecule has 0 bridgehead atoms. The lowest BCUT2D eigenvalue weighted by Crippen LogP contribution is -2.31. The maximum atomic E-state index is 12.5. The topological polar surface area (TPSA) is 50.3 Å². The molecule has 0 saturated heterocycles. The third-order valence-corrected chi connectivity index (χ3v) is 5.06. The number of rotatable bonds is 6. The van der Waals surface area contributed by atoms with Crippen molar-refractivity contribution in [2.75, 3.05) is 16.8 Å². The zero-order chi connectivity index (χ0) is 21.2. The molecule has 0 fully saturated rings. The van der Waals surface area contributed by atoms with Gasteiger partial charge in [0.2, 0.25) is 5.95 Å². The van der Waals surface area contributed by atoms with E-state index in [1.165, 1.54) is 12.1 Å². The summed E-state index contributed by atoms with van der Waals surface area (Å²) in [5, 5.41) is 3.34. The zero-order valence-electron chi connectivity index (χ0n) is 17.2. The number of halogens is 3. The van der Waals surface area contributed by atoms with E-state index in [0.29, 0.717) is 25.5 Å². The van der Waals surface area contributed by atoms with E-state index in [2.05, 4.69) is 47.6 Å². The molecule has 8 heteroatoms. The van der Waals surface area contributed by atoms with Crippen LogP contribution >= 0.6 is 0 Å². The predicted octanol–water partition coefficient (Wildman–Crippen LogP) is 5.27. The van der Waals surface area contributed by atoms with Gasteiger partial charge >= 0.3 is 6.36 Å². The van der Waals surface area contributed by atoms with Crippen molar-refractivity contribution in [1.82, 2.24) is 9.97 Å². The maximum Gasteiger partial charge on any atom is 0.573 e. The Hall–Kier alpha value is -2.51. The summed E-state index contributed by atoms with van der Waals surface area (Å²) in [6.07, 6.45) is -3.09. The molecule has 0 saturated carbocycles. The molecule has 1 aromatic heterocycles. The van der Waals surface area contributed by atoms with Crippen LogP contribution in [0.15, 0.2) is 24.3 Å². The van der Waals surface area contributed by atoms with Crippen LogP contribution in [0.1, 0.15) is 56.9 Å². The highest BCUT2D eigenvalue weighted by Crippen LogP contribution is 2.30. The van der Waals surface area contributed by atoms with Crippen LogP contribution in [0, 0.1) is 0 Å². The number of benzene rings is 1. The summed E-state index contributed by atoms with van der Waals surface area (Å²) in [6.45, 7) is 9.62. The van der Waals surface area contributed by atoms with Crippen molar-refractivity contribution in [3.63, 3.8) is 0 Å². The fraction of sp³-hybridized carbons (Fsp3) is 0.524. The highest BCUT2D eigenvalue weighted by Gasteiger charge is 2.31. The number of nitrogens with zero attached hydrogens (tertiary/aromatic N) is 3. The molecule has 0 radical (unpaired) electrons. The van der Waals surface area contributed by atoms with Crippen molar-refractivity contribution < 1.29 is 17.9 Å². The number of hydrogen-bond acceptors (Lipinski definition) is 5. The van der Waals surface area contributed by atoms with E-state index in [1.54, 1.807) is 6.07 Å². The van der Waals surface area contributed by atoms with Crippen LogP contribution in [-0.4, -0.2) is 28.9 Å². The van der Waals surface area contributed by atoms with Gasteiger partial charge in [-0.1, -0.05) is 26.8 Å². The Kier molecular flexibility index (Phi) is 6.19. The molecule has 1 atom stereocenters. The fourth-order valence-electron chi connectivity index (χ4n) is 3.22. The largest absolute Gasteiger partial charge is 0.573 e. The minimum Gasteiger partial charge on any atom is -0.406 e. The molecular formula is C21H27F3N4O. The van der Waals surface area contributed by atoms with Gasteiger partial charge in [0.25, 0.3) is 0 Å². The second kappa shape index (κ2) is 8.47. The lowest BCUT2D eigenvalue weighted by Gasteiger charge is -2.31. The van der Waals surface area contributed by atoms with Crippen molar-refractivity contribution in [3.05, 3.63) is 41.1 Å². The lowest BCUT2D eigenvalue weighted by molar-refractivity contribution is -0.274. The smallest absolute Gasteiger partial charge is 0.406 e. The van der Waals surface area contributed by atoms with Crippen LogP contribution in [0.25, 0.3) is 0 Å². The van der Waals surface area contributed by atoms with E-state index in [4.69, 9.17) is 4.98 Å². The van der Waals surface area contributed by atoms with Crippen LogP contribution in [0.4, 0.5) is 24.9 Å². The number of alkyl halides is 3. The van der Waals surface area contributed by atoms with Gasteiger partial charge in [0.05, 0.1) is 5.69 Å². The normalized spacial score (nSPS) is 15.2. The van der Waals surface area contributed by atoms with Gasteiger partial charge in [-0.25, -0.2) is 4.98 Å². The summed E-state index contributed by atoms with van der Waals surface area (Å²) >= 11 is 0. The Bertz CT molecular complexity index is 854. The number of nitrogens with one attached hydrogen (secondary N) is 1. The first-order valence-corrected chi connectivity index (χ1v) is 9.92. The van der Waals surface area contributed by atoms with Crippen LogP contribution in [0.3, 0.4) is 0 Å². The van der Waals surface area contributed by atoms with Gasteiger partial charge in [-0.15, -0.1) is 13.2 Å². The van der Waals surface area contributed by atoms with E-state index in [0.717, 1.165) is 29.1 Å². The van der Waals surface area contributed by atoms with Gasteiger partial charge in [0, 0.05) is 25.2 Å². The third kappa shape index (κ3) is 5.52. The summed E-state index contributed by atoms with van der Waals surface area (Å²) in [7, 11) is 0. The van der Waals surface area contributed by atoms with Crippen molar-refractivity contribution in [2.45, 2.75) is 65.4 Å². The van der Waals surface area contributed by atoms with E-state index >= 15 is 0 Å². The van der Waals surface area contributed by atoms with E-state index in [1.807, 2.05) is 6.07 Å². The van der Waals surface area contributed by atoms with Crippen molar-refractivity contribution in [3.8, 4) is 5.75 Å². The van der Waals surface area contributed by atoms with Crippen LogP contribution in [0.2, 0.25) is 0 Å². The second-order valence-electron chi connectivity index (χ2n) is 7.73. The minimum absolute atomic E-state index is 0.172. The molecule has 0 spiro atoms. The third-order valence-electron chi connectivity index (χ3n) is 5.06. The molecule has 2 heterocycles. The molecule has 1 aliphatic rings. The van der Waals surface area contributed by atoms with Crippen LogP contribution in [-0.2, 0) is 13.0 Å². The molecule has 2 aromatic rings. The van der Waals surface area contributed by atoms with Crippen molar-refractivity contribution in [2.24, 2.45) is 0 Å². The van der Waals surface area contributed by atoms with E-state index in [-0.39, 0.29) is 17.7 Å². The first kappa shape index (κ1) is 21.2. The van der Waals surface area contributed by atoms with Crippen LogP contribution < -0.4 is 15.0 Å². The fourth-order valence-corrected chi connectivity index (χ4v) is 3.22. The molecule has 1 aromatic carbocycles. The summed E-state index contributed by atoms with van der Waals surface area (Å²) < 4.78 is 41.4. The molecule has 0 aliphatic carbocycles. The van der Waals surface area contributed by atoms with Crippen molar-refractivity contribution >= 4 is 11.8 Å². The Morgan fingerprint density at radius 2 is 1.90 bits per heavy atom. The average Bonchev–Trinajstić information content (AvgIpc) is 2.65. The van der Waals surface area contributed by atoms with Gasteiger partial charge in [0.15, 0.2) is 0 Å². The number of fused-ring (bicyclic) bond motifs is 1. The molecular weight excluding hydrogens is 381 g/mol. The highest BCUT2D eigenvalue weighted by atomic mass is 19.4. The Morgan fingerprint density at radius 1 is 1.14 bits per heavy atom. The zero-order valence-corrected chi connectivity index (χ0v) is 17.2. The number of hydrogen-bond donors (Lipinski definition) is 1. The molecule has 1 N–H and O–H groups in total. The quantitative estimate of drug-likeness (QED) is 0.706. The number of ether oxygens (including phenoxy) is 1. The molecule has 0 amide bonds. The first-order valence-electron chi connectivity index (χ1n) is 9.92. The van der Waals surface area contributed by atoms with Crippen LogP contribution in [0.5, 0.6) is 5.75 Å². The van der Waals surface area contributed by atoms with Gasteiger partial charge in [0.1, 0.15) is 11.6 Å². The lowest BCUT2D eigenvalue weighted by atomic mass is 9.99. The monoisotopic (exact) mass is 408 g/mol. The highest BCUT2D eigenvalue weighted by molar-refractivity contribution is 5.49. The SMILES string of the molecule is CC[C@@H](C)Nc1nc(C(C)C)cc(N2CCc3cc(OC(F)(F)F)ccc3C2)n1. The molecule has 158 valence electrons. The number of aromatic nitrogens is 2. The molecule has 1 aliphatic heterocycles. The Morgan fingerprint density at radius 3 is 2.55 bits per heavy atom. The summed E-state index contributed by atoms with van der Waals surface area (Å²) in [5.74, 6) is 1.53.